The maximum atomic E-state index is 6.21. The second kappa shape index (κ2) is 4.19. The molecule has 4 heteroatoms. The van der Waals surface area contributed by atoms with Crippen molar-refractivity contribution in [1.82, 2.24) is 0 Å². The minimum Gasteiger partial charge on any atom is -0.0877 e. The predicted molar refractivity (Wildman–Crippen MR) is 71.2 cm³/mol. The van der Waals surface area contributed by atoms with E-state index in [2.05, 4.69) is 18.2 Å². The molecule has 1 heterocycles. The summed E-state index contributed by atoms with van der Waals surface area (Å²) in [4.78, 5) is 4.76. The molecule has 0 unspecified atom stereocenters. The Morgan fingerprint density at radius 1 is 0.750 bits per heavy atom. The molecule has 0 nitrogen and oxygen atoms in total. The first-order valence-electron chi connectivity index (χ1n) is 4.68. The van der Waals surface area contributed by atoms with Gasteiger partial charge in [-0.05, 0) is 24.3 Å². The number of fused-ring (bicyclic) bond motifs is 2. The third kappa shape index (κ3) is 1.74. The van der Waals surface area contributed by atoms with Crippen molar-refractivity contribution in [1.29, 1.82) is 0 Å². The molecule has 1 aliphatic heterocycles. The third-order valence-corrected chi connectivity index (χ3v) is 5.81. The van der Waals surface area contributed by atoms with Gasteiger partial charge in [-0.3, -0.25) is 0 Å². The molecule has 0 bridgehead atoms. The molecule has 0 atom stereocenters. The number of benzene rings is 2. The Morgan fingerprint density at radius 3 is 2.19 bits per heavy atom. The van der Waals surface area contributed by atoms with Crippen LogP contribution in [0.4, 0.5) is 0 Å². The SMILES string of the molecule is Clc1ccc2c(c1Cl)Sc1ccccc1S2. The van der Waals surface area contributed by atoms with Crippen molar-refractivity contribution in [2.75, 3.05) is 0 Å². The van der Waals surface area contributed by atoms with E-state index in [0.29, 0.717) is 10.0 Å². The summed E-state index contributed by atoms with van der Waals surface area (Å²) in [5, 5.41) is 1.28. The van der Waals surface area contributed by atoms with Crippen molar-refractivity contribution in [3.05, 3.63) is 46.4 Å². The first-order chi connectivity index (χ1) is 7.75. The monoisotopic (exact) mass is 284 g/mol. The summed E-state index contributed by atoms with van der Waals surface area (Å²) in [5.74, 6) is 0. The van der Waals surface area contributed by atoms with Crippen LogP contribution in [-0.4, -0.2) is 0 Å². The van der Waals surface area contributed by atoms with Gasteiger partial charge in [0, 0.05) is 19.6 Å². The van der Waals surface area contributed by atoms with Crippen LogP contribution in [0.1, 0.15) is 0 Å². The third-order valence-electron chi connectivity index (χ3n) is 2.29. The summed E-state index contributed by atoms with van der Waals surface area (Å²) in [6.45, 7) is 0. The number of halogens is 2. The van der Waals surface area contributed by atoms with Gasteiger partial charge in [0.2, 0.25) is 0 Å². The number of hydrogen-bond acceptors (Lipinski definition) is 2. The fourth-order valence-corrected chi connectivity index (χ4v) is 4.37. The minimum absolute atomic E-state index is 0.618. The summed E-state index contributed by atoms with van der Waals surface area (Å²) in [5.41, 5.74) is 0. The Hall–Kier alpha value is -0.280. The van der Waals surface area contributed by atoms with E-state index in [1.54, 1.807) is 23.5 Å². The Labute approximate surface area is 112 Å². The molecule has 2 aromatic carbocycles. The molecule has 0 amide bonds. The summed E-state index contributed by atoms with van der Waals surface area (Å²) >= 11 is 15.7. The van der Waals surface area contributed by atoms with E-state index in [1.165, 1.54) is 14.7 Å². The Kier molecular flexibility index (Phi) is 2.84. The predicted octanol–water partition coefficient (Wildman–Crippen LogP) is 5.61. The van der Waals surface area contributed by atoms with Gasteiger partial charge in [-0.2, -0.15) is 0 Å². The highest BCUT2D eigenvalue weighted by molar-refractivity contribution is 8.05. The minimum atomic E-state index is 0.618. The van der Waals surface area contributed by atoms with Gasteiger partial charge >= 0.3 is 0 Å². The van der Waals surface area contributed by atoms with E-state index in [9.17, 15) is 0 Å². The van der Waals surface area contributed by atoms with Crippen LogP contribution in [0.3, 0.4) is 0 Å². The second-order valence-electron chi connectivity index (χ2n) is 3.34. The lowest BCUT2D eigenvalue weighted by Gasteiger charge is -2.19. The van der Waals surface area contributed by atoms with Crippen LogP contribution in [0.25, 0.3) is 0 Å². The number of rotatable bonds is 0. The molecule has 80 valence electrons. The molecule has 3 rings (SSSR count). The highest BCUT2D eigenvalue weighted by Gasteiger charge is 2.20. The Balaban J connectivity index is 2.16. The van der Waals surface area contributed by atoms with Crippen LogP contribution in [0.15, 0.2) is 56.0 Å². The molecule has 0 aromatic heterocycles. The van der Waals surface area contributed by atoms with Gasteiger partial charge in [0.1, 0.15) is 0 Å². The van der Waals surface area contributed by atoms with E-state index in [-0.39, 0.29) is 0 Å². The quantitative estimate of drug-likeness (QED) is 0.526. The van der Waals surface area contributed by atoms with Gasteiger partial charge in [-0.15, -0.1) is 0 Å². The van der Waals surface area contributed by atoms with E-state index < -0.39 is 0 Å². The van der Waals surface area contributed by atoms with Gasteiger partial charge in [-0.25, -0.2) is 0 Å². The Morgan fingerprint density at radius 2 is 1.44 bits per heavy atom. The first kappa shape index (κ1) is 10.8. The molecule has 1 aliphatic rings. The summed E-state index contributed by atoms with van der Waals surface area (Å²) in [6.07, 6.45) is 0. The molecular weight excluding hydrogens is 279 g/mol. The molecular formula is C12H6Cl2S2. The zero-order valence-electron chi connectivity index (χ0n) is 8.04. The maximum Gasteiger partial charge on any atom is 0.0743 e. The highest BCUT2D eigenvalue weighted by Crippen LogP contribution is 2.51. The Bertz CT molecular complexity index is 567. The molecule has 0 saturated heterocycles. The molecule has 0 N–H and O–H groups in total. The zero-order valence-corrected chi connectivity index (χ0v) is 11.2. The molecule has 0 radical (unpaired) electrons. The van der Waals surface area contributed by atoms with Crippen LogP contribution in [0.5, 0.6) is 0 Å². The normalized spacial score (nSPS) is 13.1. The molecule has 0 saturated carbocycles. The second-order valence-corrected chi connectivity index (χ2v) is 6.26. The van der Waals surface area contributed by atoms with Gasteiger partial charge in [0.15, 0.2) is 0 Å². The average Bonchev–Trinajstić information content (AvgIpc) is 2.32. The van der Waals surface area contributed by atoms with Crippen molar-refractivity contribution < 1.29 is 0 Å². The van der Waals surface area contributed by atoms with Crippen molar-refractivity contribution in [2.45, 2.75) is 19.6 Å². The van der Waals surface area contributed by atoms with Crippen LogP contribution >= 0.6 is 46.7 Å². The van der Waals surface area contributed by atoms with Crippen LogP contribution in [0.2, 0.25) is 10.0 Å². The lowest BCUT2D eigenvalue weighted by atomic mass is 10.3. The van der Waals surface area contributed by atoms with Crippen molar-refractivity contribution in [3.63, 3.8) is 0 Å². The zero-order chi connectivity index (χ0) is 11.1. The smallest absolute Gasteiger partial charge is 0.0743 e. The summed E-state index contributed by atoms with van der Waals surface area (Å²) < 4.78 is 0. The van der Waals surface area contributed by atoms with Gasteiger partial charge in [0.25, 0.3) is 0 Å². The topological polar surface area (TPSA) is 0 Å². The average molecular weight is 285 g/mol. The molecule has 0 fully saturated rings. The summed E-state index contributed by atoms with van der Waals surface area (Å²) in [6, 6.07) is 12.2. The fourth-order valence-electron chi connectivity index (χ4n) is 1.54. The standard InChI is InChI=1S/C12H6Cl2S2/c13-7-5-6-10-12(11(7)14)16-9-4-2-1-3-8(9)15-10/h1-6H. The van der Waals surface area contributed by atoms with Crippen LogP contribution < -0.4 is 0 Å². The molecule has 2 aromatic rings. The lowest BCUT2D eigenvalue weighted by molar-refractivity contribution is 1.16. The maximum absolute atomic E-state index is 6.21. The van der Waals surface area contributed by atoms with Crippen molar-refractivity contribution >= 4 is 46.7 Å². The van der Waals surface area contributed by atoms with Crippen molar-refractivity contribution in [3.8, 4) is 0 Å². The van der Waals surface area contributed by atoms with Crippen molar-refractivity contribution in [2.24, 2.45) is 0 Å². The molecule has 0 spiro atoms. The first-order valence-corrected chi connectivity index (χ1v) is 7.07. The lowest BCUT2D eigenvalue weighted by Crippen LogP contribution is -1.90. The van der Waals surface area contributed by atoms with Gasteiger partial charge in [-0.1, -0.05) is 58.9 Å². The summed E-state index contributed by atoms with van der Waals surface area (Å²) in [7, 11) is 0. The largest absolute Gasteiger partial charge is 0.0877 e. The number of hydrogen-bond donors (Lipinski definition) is 0. The molecule has 16 heavy (non-hydrogen) atoms. The van der Waals surface area contributed by atoms with Gasteiger partial charge in [0.05, 0.1) is 10.0 Å². The van der Waals surface area contributed by atoms with Crippen LogP contribution in [0, 0.1) is 0 Å². The van der Waals surface area contributed by atoms with Gasteiger partial charge < -0.3 is 0 Å². The van der Waals surface area contributed by atoms with E-state index in [0.717, 1.165) is 4.90 Å². The van der Waals surface area contributed by atoms with Crippen LogP contribution in [-0.2, 0) is 0 Å². The fraction of sp³-hybridized carbons (Fsp3) is 0. The van der Waals surface area contributed by atoms with E-state index >= 15 is 0 Å². The highest BCUT2D eigenvalue weighted by atomic mass is 35.5. The van der Waals surface area contributed by atoms with E-state index in [1.807, 2.05) is 18.2 Å². The van der Waals surface area contributed by atoms with E-state index in [4.69, 9.17) is 23.2 Å². The molecule has 0 aliphatic carbocycles.